The van der Waals surface area contributed by atoms with Crippen molar-refractivity contribution in [1.29, 1.82) is 0 Å². The van der Waals surface area contributed by atoms with Gasteiger partial charge in [-0.1, -0.05) is 12.1 Å². The monoisotopic (exact) mass is 259 g/mol. The van der Waals surface area contributed by atoms with E-state index >= 15 is 0 Å². The number of nitrogens with one attached hydrogen (secondary N) is 1. The highest BCUT2D eigenvalue weighted by Gasteiger charge is 2.14. The van der Waals surface area contributed by atoms with Crippen molar-refractivity contribution < 1.29 is 13.9 Å². The van der Waals surface area contributed by atoms with Crippen LogP contribution in [-0.4, -0.2) is 31.5 Å². The van der Waals surface area contributed by atoms with Crippen molar-refractivity contribution in [1.82, 2.24) is 5.32 Å². The predicted octanol–water partition coefficient (Wildman–Crippen LogP) is 2.12. The summed E-state index contributed by atoms with van der Waals surface area (Å²) < 4.78 is 18.4. The quantitative estimate of drug-likeness (QED) is 0.823. The Morgan fingerprint density at radius 2 is 2.29 bits per heavy atom. The third-order valence-corrected chi connectivity index (χ3v) is 2.55. The van der Waals surface area contributed by atoms with Crippen molar-refractivity contribution in [3.05, 3.63) is 35.1 Å². The SMILES string of the molecule is COCC(Cl)CNC(=O)c1cccc(C)c1F. The molecule has 0 heterocycles. The number of hydrogen-bond acceptors (Lipinski definition) is 2. The number of halogens is 2. The first-order chi connectivity index (χ1) is 8.06. The van der Waals surface area contributed by atoms with Crippen molar-refractivity contribution in [2.24, 2.45) is 0 Å². The minimum atomic E-state index is -0.497. The second-order valence-electron chi connectivity index (χ2n) is 3.70. The molecular formula is C12H15ClFNO2. The summed E-state index contributed by atoms with van der Waals surface area (Å²) in [6.07, 6.45) is 0. The largest absolute Gasteiger partial charge is 0.383 e. The number of alkyl halides is 1. The minimum absolute atomic E-state index is 0.0336. The highest BCUT2D eigenvalue weighted by Crippen LogP contribution is 2.11. The fourth-order valence-electron chi connectivity index (χ4n) is 1.36. The van der Waals surface area contributed by atoms with E-state index in [4.69, 9.17) is 16.3 Å². The zero-order chi connectivity index (χ0) is 12.8. The second-order valence-corrected chi connectivity index (χ2v) is 4.32. The molecule has 94 valence electrons. The van der Waals surface area contributed by atoms with Gasteiger partial charge in [0.15, 0.2) is 0 Å². The van der Waals surface area contributed by atoms with Gasteiger partial charge in [0.1, 0.15) is 5.82 Å². The van der Waals surface area contributed by atoms with Gasteiger partial charge >= 0.3 is 0 Å². The molecule has 17 heavy (non-hydrogen) atoms. The van der Waals surface area contributed by atoms with E-state index in [0.717, 1.165) is 0 Å². The number of hydrogen-bond donors (Lipinski definition) is 1. The summed E-state index contributed by atoms with van der Waals surface area (Å²) in [4.78, 5) is 11.7. The van der Waals surface area contributed by atoms with Gasteiger partial charge in [-0.05, 0) is 18.6 Å². The van der Waals surface area contributed by atoms with Gasteiger partial charge in [-0.15, -0.1) is 11.6 Å². The van der Waals surface area contributed by atoms with Gasteiger partial charge in [-0.25, -0.2) is 4.39 Å². The Morgan fingerprint density at radius 1 is 1.59 bits per heavy atom. The van der Waals surface area contributed by atoms with Crippen molar-refractivity contribution in [2.75, 3.05) is 20.3 Å². The molecule has 0 bridgehead atoms. The first-order valence-electron chi connectivity index (χ1n) is 5.22. The van der Waals surface area contributed by atoms with Gasteiger partial charge in [0, 0.05) is 13.7 Å². The van der Waals surface area contributed by atoms with Crippen molar-refractivity contribution >= 4 is 17.5 Å². The molecule has 0 saturated carbocycles. The Labute approximate surface area is 105 Å². The fourth-order valence-corrected chi connectivity index (χ4v) is 1.56. The molecule has 1 aromatic rings. The number of aryl methyl sites for hydroxylation is 1. The van der Waals surface area contributed by atoms with Crippen LogP contribution in [0.2, 0.25) is 0 Å². The summed E-state index contributed by atoms with van der Waals surface area (Å²) in [7, 11) is 1.53. The molecule has 0 saturated heterocycles. The maximum atomic E-state index is 13.6. The van der Waals surface area contributed by atoms with Crippen LogP contribution in [0.15, 0.2) is 18.2 Å². The lowest BCUT2D eigenvalue weighted by atomic mass is 10.1. The highest BCUT2D eigenvalue weighted by molar-refractivity contribution is 6.21. The van der Waals surface area contributed by atoms with Crippen molar-refractivity contribution in [3.63, 3.8) is 0 Å². The van der Waals surface area contributed by atoms with E-state index in [-0.39, 0.29) is 17.5 Å². The Morgan fingerprint density at radius 3 is 2.94 bits per heavy atom. The lowest BCUT2D eigenvalue weighted by Gasteiger charge is -2.10. The summed E-state index contributed by atoms with van der Waals surface area (Å²) in [6, 6.07) is 4.69. The topological polar surface area (TPSA) is 38.3 Å². The molecule has 0 aliphatic rings. The average Bonchev–Trinajstić information content (AvgIpc) is 2.30. The highest BCUT2D eigenvalue weighted by atomic mass is 35.5. The smallest absolute Gasteiger partial charge is 0.254 e. The third kappa shape index (κ3) is 3.98. The molecule has 1 rings (SSSR count). The number of carbonyl (C=O) groups excluding carboxylic acids is 1. The average molecular weight is 260 g/mol. The zero-order valence-electron chi connectivity index (χ0n) is 9.80. The van der Waals surface area contributed by atoms with Gasteiger partial charge < -0.3 is 10.1 Å². The fraction of sp³-hybridized carbons (Fsp3) is 0.417. The number of methoxy groups -OCH3 is 1. The van der Waals surface area contributed by atoms with Crippen molar-refractivity contribution in [3.8, 4) is 0 Å². The van der Waals surface area contributed by atoms with E-state index in [1.165, 1.54) is 13.2 Å². The molecule has 0 aliphatic heterocycles. The van der Waals surface area contributed by atoms with Crippen LogP contribution in [0.1, 0.15) is 15.9 Å². The number of ether oxygens (including phenoxy) is 1. The number of rotatable bonds is 5. The molecule has 3 nitrogen and oxygen atoms in total. The molecule has 5 heteroatoms. The Hall–Kier alpha value is -1.13. The molecule has 1 aromatic carbocycles. The van der Waals surface area contributed by atoms with Crippen LogP contribution >= 0.6 is 11.6 Å². The molecule has 1 unspecified atom stereocenters. The van der Waals surface area contributed by atoms with Crippen LogP contribution in [0, 0.1) is 12.7 Å². The maximum Gasteiger partial charge on any atom is 0.254 e. The van der Waals surface area contributed by atoms with Crippen molar-refractivity contribution in [2.45, 2.75) is 12.3 Å². The van der Waals surface area contributed by atoms with E-state index in [1.54, 1.807) is 19.1 Å². The molecule has 0 spiro atoms. The van der Waals surface area contributed by atoms with Gasteiger partial charge in [-0.3, -0.25) is 4.79 Å². The van der Waals surface area contributed by atoms with Crippen LogP contribution in [0.25, 0.3) is 0 Å². The summed E-state index contributed by atoms with van der Waals surface area (Å²) >= 11 is 5.85. The van der Waals surface area contributed by atoms with Crippen LogP contribution in [0.4, 0.5) is 4.39 Å². The maximum absolute atomic E-state index is 13.6. The van der Waals surface area contributed by atoms with Gasteiger partial charge in [0.2, 0.25) is 0 Å². The van der Waals surface area contributed by atoms with E-state index in [1.807, 2.05) is 0 Å². The van der Waals surface area contributed by atoms with E-state index < -0.39 is 11.7 Å². The van der Waals surface area contributed by atoms with E-state index in [9.17, 15) is 9.18 Å². The zero-order valence-corrected chi connectivity index (χ0v) is 10.6. The van der Waals surface area contributed by atoms with Crippen LogP contribution in [0.3, 0.4) is 0 Å². The number of amides is 1. The van der Waals surface area contributed by atoms with Crippen LogP contribution in [0.5, 0.6) is 0 Å². The van der Waals surface area contributed by atoms with Gasteiger partial charge in [-0.2, -0.15) is 0 Å². The normalized spacial score (nSPS) is 12.2. The summed E-state index contributed by atoms with van der Waals surface area (Å²) in [5.74, 6) is -0.962. The molecule has 1 amide bonds. The summed E-state index contributed by atoms with van der Waals surface area (Å²) in [5, 5.41) is 2.24. The number of carbonyl (C=O) groups is 1. The van der Waals surface area contributed by atoms with Crippen LogP contribution < -0.4 is 5.32 Å². The molecular weight excluding hydrogens is 245 g/mol. The predicted molar refractivity (Wildman–Crippen MR) is 65.0 cm³/mol. The lowest BCUT2D eigenvalue weighted by Crippen LogP contribution is -2.32. The first kappa shape index (κ1) is 13.9. The summed E-state index contributed by atoms with van der Waals surface area (Å²) in [5.41, 5.74) is 0.475. The standard InChI is InChI=1S/C12H15ClFNO2/c1-8-4-3-5-10(11(8)14)12(16)15-6-9(13)7-17-2/h3-5,9H,6-7H2,1-2H3,(H,15,16). The first-order valence-corrected chi connectivity index (χ1v) is 5.66. The molecule has 1 atom stereocenters. The molecule has 1 N–H and O–H groups in total. The number of benzene rings is 1. The van der Waals surface area contributed by atoms with Gasteiger partial charge in [0.05, 0.1) is 17.5 Å². The second kappa shape index (κ2) is 6.57. The Bertz CT molecular complexity index is 398. The Balaban J connectivity index is 2.61. The van der Waals surface area contributed by atoms with Crippen LogP contribution in [-0.2, 0) is 4.74 Å². The molecule has 0 aromatic heterocycles. The van der Waals surface area contributed by atoms with Gasteiger partial charge in [0.25, 0.3) is 5.91 Å². The van der Waals surface area contributed by atoms with E-state index in [0.29, 0.717) is 12.2 Å². The molecule has 0 radical (unpaired) electrons. The molecule has 0 fully saturated rings. The molecule has 0 aliphatic carbocycles. The van der Waals surface area contributed by atoms with E-state index in [2.05, 4.69) is 5.32 Å². The Kier molecular flexibility index (Phi) is 5.38. The lowest BCUT2D eigenvalue weighted by molar-refractivity contribution is 0.0945. The minimum Gasteiger partial charge on any atom is -0.383 e. The summed E-state index contributed by atoms with van der Waals surface area (Å²) in [6.45, 7) is 2.18. The third-order valence-electron chi connectivity index (χ3n) is 2.27.